The van der Waals surface area contributed by atoms with Crippen LogP contribution in [-0.2, 0) is 35.5 Å². The Bertz CT molecular complexity index is 1620. The third kappa shape index (κ3) is 14.6. The van der Waals surface area contributed by atoms with Crippen molar-refractivity contribution in [3.05, 3.63) is 104 Å². The molecule has 14 heteroatoms. The van der Waals surface area contributed by atoms with E-state index in [0.717, 1.165) is 26.7 Å². The molecule has 0 spiro atoms. The van der Waals surface area contributed by atoms with Crippen molar-refractivity contribution in [1.82, 2.24) is 30.8 Å². The van der Waals surface area contributed by atoms with Crippen LogP contribution < -0.4 is 16.0 Å². The van der Waals surface area contributed by atoms with E-state index in [1.807, 2.05) is 79.9 Å². The van der Waals surface area contributed by atoms with Crippen LogP contribution in [-0.4, -0.2) is 138 Å². The van der Waals surface area contributed by atoms with Gasteiger partial charge in [0.25, 0.3) is 0 Å². The molecule has 269 valence electrons. The number of rotatable bonds is 17. The summed E-state index contributed by atoms with van der Waals surface area (Å²) in [6.07, 6.45) is 0.836. The minimum atomic E-state index is -1.05. The molecule has 0 saturated carbocycles. The number of hydrogen-bond acceptors (Lipinski definition) is 9. The zero-order valence-electron chi connectivity index (χ0n) is 30.2. The van der Waals surface area contributed by atoms with Crippen molar-refractivity contribution in [3.8, 4) is 0 Å². The fourth-order valence-electron chi connectivity index (χ4n) is 5.39. The fourth-order valence-corrected chi connectivity index (χ4v) is 6.72. The molecule has 4 atom stereocenters. The van der Waals surface area contributed by atoms with Crippen molar-refractivity contribution in [3.63, 3.8) is 0 Å². The average Bonchev–Trinajstić information content (AvgIpc) is 3.79. The number of carbonyl (C=O) groups excluding carboxylic acids is 3. The third-order valence-corrected chi connectivity index (χ3v) is 10.1. The van der Waals surface area contributed by atoms with Gasteiger partial charge in [-0.25, -0.2) is 14.6 Å². The normalized spacial score (nSPS) is 13.4. The predicted octanol–water partition coefficient (Wildman–Crippen LogP) is 5.52. The molecule has 0 fully saturated rings. The summed E-state index contributed by atoms with van der Waals surface area (Å²) in [6, 6.07) is 16.8. The summed E-state index contributed by atoms with van der Waals surface area (Å²) >= 11 is 2.95. The van der Waals surface area contributed by atoms with Crippen LogP contribution in [0.15, 0.2) is 77.8 Å². The molecule has 0 bridgehead atoms. The molecule has 0 aliphatic carbocycles. The van der Waals surface area contributed by atoms with Crippen LogP contribution >= 0.6 is 22.7 Å². The van der Waals surface area contributed by atoms with Gasteiger partial charge in [-0.2, -0.15) is 0 Å². The smallest absolute Gasteiger partial charge is 0.407 e. The maximum Gasteiger partial charge on any atom is 0.407 e. The third-order valence-electron chi connectivity index (χ3n) is 8.13. The summed E-state index contributed by atoms with van der Waals surface area (Å²) in [5.41, 5.74) is 4.35. The number of nitrogens with one attached hydrogen (secondary N) is 3. The number of benzene rings is 2. The zero-order chi connectivity index (χ0) is 36.0. The molecule has 51 heavy (non-hydrogen) atoms. The number of alkyl carbamates (subject to hydrolysis) is 1. The SMILES string of the molecule is CC(C)c1nc(CN(C)C(=O)N[C@H](C(=O)N[C@@H](Cc2ccccc2)C[C@H](O)[C@H](Cc2ccccc2)NC(=O)OCc2cncs2)C(C)C)cs1.[Cs]. The standard InChI is InChI=1S/C37H48N6O5S2.Cs/c1-24(2)33(42-36(46)43(5)20-29-22-49-35(40-29)25(3)4)34(45)39-28(16-26-12-8-6-9-13-26)18-32(44)31(17-27-14-10-7-11-15-27)41-37(47)48-21-30-19-38-23-50-30;/h6-15,19,22-25,28,31-33,44H,16-18,20-21H2,1-5H3,(H,39,45)(H,41,47)(H,42,46);/t28-,31-,32-,33-;/m0./s1. The molecule has 2 aromatic heterocycles. The number of urea groups is 1. The van der Waals surface area contributed by atoms with Crippen molar-refractivity contribution < 1.29 is 24.2 Å². The molecule has 0 aliphatic heterocycles. The zero-order valence-corrected chi connectivity index (χ0v) is 38.2. The van der Waals surface area contributed by atoms with Crippen LogP contribution in [0.25, 0.3) is 0 Å². The van der Waals surface area contributed by atoms with Gasteiger partial charge in [-0.15, -0.1) is 22.7 Å². The summed E-state index contributed by atoms with van der Waals surface area (Å²) in [6.45, 7) is 8.28. The second-order valence-corrected chi connectivity index (χ2v) is 14.9. The second kappa shape index (κ2) is 22.1. The molecule has 2 heterocycles. The molecule has 4 amide bonds. The summed E-state index contributed by atoms with van der Waals surface area (Å²) in [5.74, 6) is -0.277. The summed E-state index contributed by atoms with van der Waals surface area (Å²) in [4.78, 5) is 51.0. The molecule has 11 nitrogen and oxygen atoms in total. The molecule has 0 saturated heterocycles. The minimum Gasteiger partial charge on any atom is -0.444 e. The van der Waals surface area contributed by atoms with E-state index in [2.05, 4.69) is 39.8 Å². The van der Waals surface area contributed by atoms with E-state index in [-0.39, 0.29) is 99.8 Å². The fraction of sp³-hybridized carbons (Fsp3) is 0.432. The molecule has 4 aromatic rings. The Morgan fingerprint density at radius 1 is 0.902 bits per heavy atom. The van der Waals surface area contributed by atoms with Crippen molar-refractivity contribution in [2.24, 2.45) is 5.92 Å². The van der Waals surface area contributed by atoms with Crippen molar-refractivity contribution in [2.75, 3.05) is 7.05 Å². The summed E-state index contributed by atoms with van der Waals surface area (Å²) < 4.78 is 5.42. The molecular formula is C37H48CsN6O5S2. The van der Waals surface area contributed by atoms with Crippen LogP contribution in [0.5, 0.6) is 0 Å². The van der Waals surface area contributed by atoms with E-state index in [1.54, 1.807) is 30.1 Å². The molecule has 4 rings (SSSR count). The number of aliphatic hydroxyl groups excluding tert-OH is 1. The van der Waals surface area contributed by atoms with Gasteiger partial charge in [0.2, 0.25) is 5.91 Å². The van der Waals surface area contributed by atoms with Crippen LogP contribution in [0.2, 0.25) is 0 Å². The Kier molecular flexibility index (Phi) is 18.7. The summed E-state index contributed by atoms with van der Waals surface area (Å²) in [5, 5.41) is 23.5. The first-order chi connectivity index (χ1) is 24.0. The van der Waals surface area contributed by atoms with Crippen LogP contribution in [0.1, 0.15) is 66.7 Å². The van der Waals surface area contributed by atoms with Crippen molar-refractivity contribution in [1.29, 1.82) is 0 Å². The van der Waals surface area contributed by atoms with Gasteiger partial charge in [0.05, 0.1) is 39.8 Å². The summed E-state index contributed by atoms with van der Waals surface area (Å²) in [7, 11) is 1.68. The Morgan fingerprint density at radius 3 is 2.12 bits per heavy atom. The minimum absolute atomic E-state index is 0. The molecule has 1 radical (unpaired) electrons. The number of aromatic nitrogens is 2. The van der Waals surface area contributed by atoms with Crippen molar-refractivity contribution in [2.45, 2.75) is 90.3 Å². The van der Waals surface area contributed by atoms with Gasteiger partial charge in [-0.05, 0) is 36.3 Å². The van der Waals surface area contributed by atoms with Gasteiger partial charge in [0.1, 0.15) is 12.6 Å². The molecule has 2 aromatic carbocycles. The van der Waals surface area contributed by atoms with Gasteiger partial charge in [-0.3, -0.25) is 9.78 Å². The number of carbonyl (C=O) groups is 3. The Hall–Kier alpha value is -2.28. The molecule has 0 aliphatic rings. The van der Waals surface area contributed by atoms with Gasteiger partial charge >= 0.3 is 12.1 Å². The van der Waals surface area contributed by atoms with Gasteiger partial charge in [0.15, 0.2) is 0 Å². The molecular weight excluding hydrogens is 805 g/mol. The number of ether oxygens (including phenoxy) is 1. The van der Waals surface area contributed by atoms with Gasteiger partial charge in [-0.1, -0.05) is 88.4 Å². The largest absolute Gasteiger partial charge is 0.444 e. The quantitative estimate of drug-likeness (QED) is 0.110. The number of hydrogen-bond donors (Lipinski definition) is 4. The first kappa shape index (κ1) is 43.1. The van der Waals surface area contributed by atoms with Crippen molar-refractivity contribution >= 4 is 110 Å². The number of thiazole rings is 2. The Morgan fingerprint density at radius 2 is 1.55 bits per heavy atom. The van der Waals surface area contributed by atoms with Crippen LogP contribution in [0.4, 0.5) is 9.59 Å². The molecule has 4 N–H and O–H groups in total. The molecule has 0 unspecified atom stereocenters. The van der Waals surface area contributed by atoms with E-state index in [9.17, 15) is 19.5 Å². The van der Waals surface area contributed by atoms with E-state index in [4.69, 9.17) is 4.74 Å². The topological polar surface area (TPSA) is 146 Å². The first-order valence-corrected chi connectivity index (χ1v) is 18.6. The van der Waals surface area contributed by atoms with Crippen LogP contribution in [0, 0.1) is 5.92 Å². The van der Waals surface area contributed by atoms with E-state index in [1.165, 1.54) is 16.2 Å². The maximum absolute atomic E-state index is 13.9. The predicted molar refractivity (Wildman–Crippen MR) is 203 cm³/mol. The van der Waals surface area contributed by atoms with Gasteiger partial charge in [0, 0.05) is 99.5 Å². The Labute approximate surface area is 367 Å². The first-order valence-electron chi connectivity index (χ1n) is 16.8. The number of aliphatic hydroxyl groups is 1. The average molecular weight is 854 g/mol. The van der Waals surface area contributed by atoms with E-state index < -0.39 is 30.3 Å². The van der Waals surface area contributed by atoms with Crippen LogP contribution in [0.3, 0.4) is 0 Å². The van der Waals surface area contributed by atoms with E-state index >= 15 is 0 Å². The monoisotopic (exact) mass is 853 g/mol. The van der Waals surface area contributed by atoms with E-state index in [0.29, 0.717) is 25.3 Å². The Balaban J connectivity index is 0.00000702. The second-order valence-electron chi connectivity index (χ2n) is 13.0. The number of amides is 4. The van der Waals surface area contributed by atoms with Gasteiger partial charge < -0.3 is 30.7 Å². The number of nitrogens with zero attached hydrogens (tertiary/aromatic N) is 3. The maximum atomic E-state index is 13.9.